The third-order valence-corrected chi connectivity index (χ3v) is 1.91. The van der Waals surface area contributed by atoms with Gasteiger partial charge >= 0.3 is 12.0 Å². The molecule has 0 aliphatic heterocycles. The Hall–Kier alpha value is -1.83. The van der Waals surface area contributed by atoms with Gasteiger partial charge in [-0.3, -0.25) is 0 Å². The van der Waals surface area contributed by atoms with E-state index in [1.165, 1.54) is 4.90 Å². The molecule has 1 heterocycles. The number of nitrogens with two attached hydrogens (primary N) is 1. The number of urea groups is 1. The largest absolute Gasteiger partial charge is 0.406 e. The van der Waals surface area contributed by atoms with E-state index in [-0.39, 0.29) is 12.1 Å². The van der Waals surface area contributed by atoms with Gasteiger partial charge in [-0.15, -0.1) is 5.10 Å². The number of hydrogen-bond acceptors (Lipinski definition) is 6. The van der Waals surface area contributed by atoms with E-state index in [0.717, 1.165) is 0 Å². The quantitative estimate of drug-likeness (QED) is 0.615. The summed E-state index contributed by atoms with van der Waals surface area (Å²) in [6.07, 6.45) is 0. The summed E-state index contributed by atoms with van der Waals surface area (Å²) < 4.78 is 5.22. The molecule has 1 aromatic rings. The fourth-order valence-electron chi connectivity index (χ4n) is 0.987. The summed E-state index contributed by atoms with van der Waals surface area (Å²) in [7, 11) is 3.35. The van der Waals surface area contributed by atoms with E-state index in [1.807, 2.05) is 0 Å². The molecule has 0 aliphatic rings. The maximum atomic E-state index is 11.2. The molecule has 0 bridgehead atoms. The summed E-state index contributed by atoms with van der Waals surface area (Å²) in [6, 6.07) is -0.128. The molecular weight excluding hydrogens is 224 g/mol. The first-order valence-corrected chi connectivity index (χ1v) is 5.28. The van der Waals surface area contributed by atoms with Crippen LogP contribution in [0.2, 0.25) is 0 Å². The number of rotatable bonds is 5. The Morgan fingerprint density at radius 1 is 1.47 bits per heavy atom. The second kappa shape index (κ2) is 6.04. The summed E-state index contributed by atoms with van der Waals surface area (Å²) in [5.74, 6) is 0.379. The van der Waals surface area contributed by atoms with E-state index in [2.05, 4.69) is 20.8 Å². The van der Waals surface area contributed by atoms with Crippen molar-refractivity contribution in [3.8, 4) is 0 Å². The molecule has 96 valence electrons. The van der Waals surface area contributed by atoms with Crippen molar-refractivity contribution in [1.29, 1.82) is 0 Å². The first-order chi connectivity index (χ1) is 8.00. The number of carbonyl (C=O) groups is 1. The molecule has 0 saturated heterocycles. The number of nitrogens with zero attached hydrogens (tertiary/aromatic N) is 3. The molecule has 0 aromatic carbocycles. The van der Waals surface area contributed by atoms with Crippen LogP contribution in [0.3, 0.4) is 0 Å². The molecular formula is C9H18N6O2. The van der Waals surface area contributed by atoms with Gasteiger partial charge in [-0.05, 0) is 6.92 Å². The highest BCUT2D eigenvalue weighted by molar-refractivity contribution is 5.73. The number of hydrogen-bond donors (Lipinski definition) is 3. The monoisotopic (exact) mass is 242 g/mol. The highest BCUT2D eigenvalue weighted by Crippen LogP contribution is 2.10. The van der Waals surface area contributed by atoms with Crippen molar-refractivity contribution in [1.82, 2.24) is 20.4 Å². The highest BCUT2D eigenvalue weighted by Gasteiger charge is 2.09. The van der Waals surface area contributed by atoms with Crippen LogP contribution in [-0.4, -0.2) is 48.3 Å². The lowest BCUT2D eigenvalue weighted by Gasteiger charge is -2.11. The van der Waals surface area contributed by atoms with Crippen LogP contribution >= 0.6 is 0 Å². The Morgan fingerprint density at radius 3 is 2.71 bits per heavy atom. The van der Waals surface area contributed by atoms with Crippen molar-refractivity contribution in [2.45, 2.75) is 13.0 Å². The van der Waals surface area contributed by atoms with Crippen LogP contribution in [0.5, 0.6) is 0 Å². The van der Waals surface area contributed by atoms with Crippen molar-refractivity contribution in [3.05, 3.63) is 5.89 Å². The van der Waals surface area contributed by atoms with Gasteiger partial charge in [-0.1, -0.05) is 5.10 Å². The van der Waals surface area contributed by atoms with Gasteiger partial charge in [0.15, 0.2) is 0 Å². The minimum absolute atomic E-state index is 0.145. The number of amides is 2. The lowest BCUT2D eigenvalue weighted by Crippen LogP contribution is -2.37. The minimum Gasteiger partial charge on any atom is -0.406 e. The van der Waals surface area contributed by atoms with Crippen LogP contribution in [0.15, 0.2) is 4.42 Å². The molecule has 0 spiro atoms. The molecule has 1 aromatic heterocycles. The van der Waals surface area contributed by atoms with Gasteiger partial charge in [0, 0.05) is 27.2 Å². The Morgan fingerprint density at radius 2 is 2.18 bits per heavy atom. The zero-order chi connectivity index (χ0) is 12.8. The Bertz CT molecular complexity index is 362. The van der Waals surface area contributed by atoms with E-state index < -0.39 is 0 Å². The van der Waals surface area contributed by atoms with Gasteiger partial charge in [0.05, 0.1) is 6.04 Å². The number of carbonyl (C=O) groups excluding carboxylic acids is 1. The lowest BCUT2D eigenvalue weighted by atomic mass is 10.4. The number of aromatic nitrogens is 2. The average Bonchev–Trinajstić information content (AvgIpc) is 2.72. The molecule has 2 amide bonds. The van der Waals surface area contributed by atoms with Crippen LogP contribution in [0.4, 0.5) is 10.8 Å². The van der Waals surface area contributed by atoms with Gasteiger partial charge in [-0.25, -0.2) is 4.79 Å². The van der Waals surface area contributed by atoms with Crippen molar-refractivity contribution in [2.75, 3.05) is 32.5 Å². The highest BCUT2D eigenvalue weighted by atomic mass is 16.4. The predicted octanol–water partition coefficient (Wildman–Crippen LogP) is -0.228. The molecule has 8 nitrogen and oxygen atoms in total. The van der Waals surface area contributed by atoms with Crippen molar-refractivity contribution in [2.24, 2.45) is 5.73 Å². The standard InChI is InChI=1S/C9H18N6O2/c1-6(10)7-13-14-8(17-7)11-4-5-12-9(16)15(2)3/h6H,4-5,10H2,1-3H3,(H,11,14)(H,12,16). The van der Waals surface area contributed by atoms with E-state index in [0.29, 0.717) is 25.0 Å². The number of anilines is 1. The average molecular weight is 242 g/mol. The van der Waals surface area contributed by atoms with Gasteiger partial charge in [-0.2, -0.15) is 0 Å². The maximum absolute atomic E-state index is 11.2. The van der Waals surface area contributed by atoms with Crippen LogP contribution in [0.25, 0.3) is 0 Å². The van der Waals surface area contributed by atoms with E-state index >= 15 is 0 Å². The van der Waals surface area contributed by atoms with E-state index in [9.17, 15) is 4.79 Å². The van der Waals surface area contributed by atoms with Crippen LogP contribution in [-0.2, 0) is 0 Å². The summed E-state index contributed by atoms with van der Waals surface area (Å²) in [6.45, 7) is 2.72. The molecule has 8 heteroatoms. The van der Waals surface area contributed by atoms with Gasteiger partial charge < -0.3 is 25.7 Å². The SMILES string of the molecule is CC(N)c1nnc(NCCNC(=O)N(C)C)o1. The van der Waals surface area contributed by atoms with Crippen molar-refractivity contribution < 1.29 is 9.21 Å². The predicted molar refractivity (Wildman–Crippen MR) is 62.5 cm³/mol. The summed E-state index contributed by atoms with van der Waals surface area (Å²) in [4.78, 5) is 12.6. The summed E-state index contributed by atoms with van der Waals surface area (Å²) in [5, 5.41) is 13.1. The Labute approximate surface area is 99.5 Å². The van der Waals surface area contributed by atoms with Crippen LogP contribution < -0.4 is 16.4 Å². The molecule has 0 saturated carbocycles. The minimum atomic E-state index is -0.286. The zero-order valence-corrected chi connectivity index (χ0v) is 10.2. The van der Waals surface area contributed by atoms with Gasteiger partial charge in [0.25, 0.3) is 0 Å². The third-order valence-electron chi connectivity index (χ3n) is 1.91. The molecule has 0 radical (unpaired) electrons. The molecule has 17 heavy (non-hydrogen) atoms. The van der Waals surface area contributed by atoms with Crippen molar-refractivity contribution >= 4 is 12.0 Å². The Kier molecular flexibility index (Phi) is 4.70. The lowest BCUT2D eigenvalue weighted by molar-refractivity contribution is 0.218. The number of nitrogens with one attached hydrogen (secondary N) is 2. The summed E-state index contributed by atoms with van der Waals surface area (Å²) >= 11 is 0. The van der Waals surface area contributed by atoms with E-state index in [1.54, 1.807) is 21.0 Å². The smallest absolute Gasteiger partial charge is 0.316 e. The third kappa shape index (κ3) is 4.27. The normalized spacial score (nSPS) is 12.0. The zero-order valence-electron chi connectivity index (χ0n) is 10.2. The molecule has 1 rings (SSSR count). The second-order valence-corrected chi connectivity index (χ2v) is 3.79. The summed E-state index contributed by atoms with van der Waals surface area (Å²) in [5.41, 5.74) is 5.57. The van der Waals surface area contributed by atoms with Crippen LogP contribution in [0.1, 0.15) is 18.9 Å². The molecule has 0 aliphatic carbocycles. The van der Waals surface area contributed by atoms with Crippen LogP contribution in [0, 0.1) is 0 Å². The molecule has 4 N–H and O–H groups in total. The van der Waals surface area contributed by atoms with Crippen molar-refractivity contribution in [3.63, 3.8) is 0 Å². The fraction of sp³-hybridized carbons (Fsp3) is 0.667. The molecule has 1 unspecified atom stereocenters. The maximum Gasteiger partial charge on any atom is 0.316 e. The molecule has 1 atom stereocenters. The topological polar surface area (TPSA) is 109 Å². The first kappa shape index (κ1) is 13.2. The first-order valence-electron chi connectivity index (χ1n) is 5.28. The van der Waals surface area contributed by atoms with E-state index in [4.69, 9.17) is 10.2 Å². The molecule has 0 fully saturated rings. The van der Waals surface area contributed by atoms with Gasteiger partial charge in [0.1, 0.15) is 0 Å². The second-order valence-electron chi connectivity index (χ2n) is 3.79. The Balaban J connectivity index is 2.24. The van der Waals surface area contributed by atoms with Gasteiger partial charge in [0.2, 0.25) is 5.89 Å². The fourth-order valence-corrected chi connectivity index (χ4v) is 0.987.